The molecular formula is C30H29BrN2O5S. The second-order valence-corrected chi connectivity index (χ2v) is 11.6. The summed E-state index contributed by atoms with van der Waals surface area (Å²) in [5.74, 6) is 0.958. The normalized spacial score (nSPS) is 17.4. The van der Waals surface area contributed by atoms with Gasteiger partial charge in [-0.3, -0.25) is 19.3 Å². The van der Waals surface area contributed by atoms with Crippen molar-refractivity contribution in [3.8, 4) is 11.5 Å². The van der Waals surface area contributed by atoms with Crippen LogP contribution in [0.4, 0.5) is 4.79 Å². The van der Waals surface area contributed by atoms with Gasteiger partial charge < -0.3 is 14.4 Å². The van der Waals surface area contributed by atoms with Gasteiger partial charge >= 0.3 is 0 Å². The van der Waals surface area contributed by atoms with Crippen LogP contribution in [0.15, 0.2) is 64.0 Å². The van der Waals surface area contributed by atoms with Crippen molar-refractivity contribution in [2.24, 2.45) is 5.92 Å². The van der Waals surface area contributed by atoms with Crippen molar-refractivity contribution in [1.29, 1.82) is 0 Å². The molecule has 0 radical (unpaired) electrons. The van der Waals surface area contributed by atoms with Gasteiger partial charge in [0.15, 0.2) is 11.5 Å². The number of nitrogens with zero attached hydrogens (tertiary/aromatic N) is 2. The third-order valence-corrected chi connectivity index (χ3v) is 8.60. The Kier molecular flexibility index (Phi) is 8.28. The highest BCUT2D eigenvalue weighted by atomic mass is 79.9. The number of imide groups is 1. The Morgan fingerprint density at radius 1 is 1.10 bits per heavy atom. The number of carbonyl (C=O) groups is 3. The number of piperidine rings is 1. The maximum absolute atomic E-state index is 13.0. The number of carbonyl (C=O) groups excluding carboxylic acids is 3. The lowest BCUT2D eigenvalue weighted by Gasteiger charge is -2.31. The summed E-state index contributed by atoms with van der Waals surface area (Å²) in [6, 6.07) is 17.8. The smallest absolute Gasteiger partial charge is 0.294 e. The molecule has 3 aromatic carbocycles. The van der Waals surface area contributed by atoms with E-state index in [0.29, 0.717) is 47.1 Å². The van der Waals surface area contributed by atoms with Crippen molar-refractivity contribution in [3.63, 3.8) is 0 Å². The summed E-state index contributed by atoms with van der Waals surface area (Å²) < 4.78 is 12.4. The summed E-state index contributed by atoms with van der Waals surface area (Å²) in [6.07, 6.45) is 3.51. The van der Waals surface area contributed by atoms with Crippen molar-refractivity contribution in [2.45, 2.75) is 26.4 Å². The molecule has 5 rings (SSSR count). The summed E-state index contributed by atoms with van der Waals surface area (Å²) >= 11 is 4.42. The Balaban J connectivity index is 1.30. The molecule has 2 aliphatic rings. The topological polar surface area (TPSA) is 76.2 Å². The highest BCUT2D eigenvalue weighted by Crippen LogP contribution is 2.40. The van der Waals surface area contributed by atoms with Crippen LogP contribution in [0.5, 0.6) is 11.5 Å². The predicted octanol–water partition coefficient (Wildman–Crippen LogP) is 6.48. The van der Waals surface area contributed by atoms with Crippen molar-refractivity contribution in [3.05, 3.63) is 75.1 Å². The number of ether oxygens (including phenoxy) is 2. The molecular weight excluding hydrogens is 580 g/mol. The van der Waals surface area contributed by atoms with Gasteiger partial charge in [-0.1, -0.05) is 49.4 Å². The summed E-state index contributed by atoms with van der Waals surface area (Å²) in [5.41, 5.74) is 1.71. The molecule has 7 nitrogen and oxygen atoms in total. The Labute approximate surface area is 240 Å². The summed E-state index contributed by atoms with van der Waals surface area (Å²) in [5, 5.41) is 1.82. The van der Waals surface area contributed by atoms with Crippen LogP contribution in [-0.4, -0.2) is 53.6 Å². The van der Waals surface area contributed by atoms with E-state index >= 15 is 0 Å². The number of amides is 3. The zero-order chi connectivity index (χ0) is 27.5. The van der Waals surface area contributed by atoms with Gasteiger partial charge in [0.1, 0.15) is 13.2 Å². The molecule has 9 heteroatoms. The van der Waals surface area contributed by atoms with Crippen LogP contribution in [0.1, 0.15) is 30.9 Å². The zero-order valence-corrected chi connectivity index (χ0v) is 24.2. The third-order valence-electron chi connectivity index (χ3n) is 7.10. The quantitative estimate of drug-likeness (QED) is 0.286. The van der Waals surface area contributed by atoms with Gasteiger partial charge in [0, 0.05) is 13.1 Å². The van der Waals surface area contributed by atoms with Crippen molar-refractivity contribution in [1.82, 2.24) is 9.80 Å². The second-order valence-electron chi connectivity index (χ2n) is 9.79. The summed E-state index contributed by atoms with van der Waals surface area (Å²) in [7, 11) is 1.55. The van der Waals surface area contributed by atoms with Crippen LogP contribution < -0.4 is 9.47 Å². The van der Waals surface area contributed by atoms with E-state index in [2.05, 4.69) is 41.1 Å². The summed E-state index contributed by atoms with van der Waals surface area (Å²) in [4.78, 5) is 41.4. The van der Waals surface area contributed by atoms with Crippen LogP contribution >= 0.6 is 27.7 Å². The van der Waals surface area contributed by atoms with Crippen molar-refractivity contribution >= 4 is 61.6 Å². The number of hydrogen-bond donors (Lipinski definition) is 0. The predicted molar refractivity (Wildman–Crippen MR) is 157 cm³/mol. The minimum atomic E-state index is -0.463. The average Bonchev–Trinajstić information content (AvgIpc) is 3.19. The maximum atomic E-state index is 13.0. The molecule has 2 saturated heterocycles. The van der Waals surface area contributed by atoms with Crippen LogP contribution in [0.2, 0.25) is 0 Å². The number of fused-ring (bicyclic) bond motifs is 1. The number of benzene rings is 3. The monoisotopic (exact) mass is 608 g/mol. The van der Waals surface area contributed by atoms with E-state index in [-0.39, 0.29) is 17.4 Å². The molecule has 0 atom stereocenters. The fourth-order valence-corrected chi connectivity index (χ4v) is 6.22. The minimum absolute atomic E-state index is 0.192. The fraction of sp³-hybridized carbons (Fsp3) is 0.300. The van der Waals surface area contributed by atoms with Gasteiger partial charge in [-0.05, 0) is 86.6 Å². The molecule has 2 heterocycles. The fourth-order valence-electron chi connectivity index (χ4n) is 4.81. The van der Waals surface area contributed by atoms with E-state index in [1.54, 1.807) is 24.2 Å². The summed E-state index contributed by atoms with van der Waals surface area (Å²) in [6.45, 7) is 3.60. The highest BCUT2D eigenvalue weighted by Gasteiger charge is 2.37. The lowest BCUT2D eigenvalue weighted by Crippen LogP contribution is -2.45. The Morgan fingerprint density at radius 3 is 2.62 bits per heavy atom. The van der Waals surface area contributed by atoms with Gasteiger partial charge in [0.25, 0.3) is 11.1 Å². The number of hydrogen-bond acceptors (Lipinski definition) is 6. The van der Waals surface area contributed by atoms with Crippen LogP contribution in [-0.2, 0) is 16.2 Å². The molecule has 0 N–H and O–H groups in total. The molecule has 39 heavy (non-hydrogen) atoms. The SMILES string of the molecule is COc1cc(/C=C2/SC(=O)N(CC(=O)N3CCC(C)CC3)C2=O)cc(Br)c1OCc1cccc2ccccc12. The molecule has 0 aliphatic carbocycles. The molecule has 3 amide bonds. The molecule has 0 unspecified atom stereocenters. The van der Waals surface area contributed by atoms with Crippen molar-refractivity contribution < 1.29 is 23.9 Å². The molecule has 0 spiro atoms. The number of halogens is 1. The Morgan fingerprint density at radius 2 is 1.85 bits per heavy atom. The minimum Gasteiger partial charge on any atom is -0.493 e. The number of rotatable bonds is 7. The van der Waals surface area contributed by atoms with E-state index in [1.165, 1.54) is 0 Å². The first-order chi connectivity index (χ1) is 18.8. The average molecular weight is 610 g/mol. The van der Waals surface area contributed by atoms with E-state index in [4.69, 9.17) is 9.47 Å². The standard InChI is InChI=1S/C30H29BrN2O5S/c1-19-10-12-32(13-11-19)27(34)17-33-29(35)26(39-30(33)36)16-20-14-24(31)28(25(15-20)37-2)38-18-22-8-5-7-21-6-3-4-9-23(21)22/h3-9,14-16,19H,10-13,17-18H2,1-2H3/b26-16+. The lowest BCUT2D eigenvalue weighted by molar-refractivity contribution is -0.136. The molecule has 0 bridgehead atoms. The first-order valence-electron chi connectivity index (χ1n) is 12.8. The molecule has 0 aromatic heterocycles. The van der Waals surface area contributed by atoms with Gasteiger partial charge in [-0.2, -0.15) is 0 Å². The number of methoxy groups -OCH3 is 1. The zero-order valence-electron chi connectivity index (χ0n) is 21.8. The van der Waals surface area contributed by atoms with E-state index in [0.717, 1.165) is 45.8 Å². The number of thioether (sulfide) groups is 1. The highest BCUT2D eigenvalue weighted by molar-refractivity contribution is 9.10. The molecule has 0 saturated carbocycles. The second kappa shape index (κ2) is 11.8. The van der Waals surface area contributed by atoms with E-state index < -0.39 is 11.1 Å². The van der Waals surface area contributed by atoms with Crippen LogP contribution in [0.25, 0.3) is 16.8 Å². The first kappa shape index (κ1) is 27.3. The first-order valence-corrected chi connectivity index (χ1v) is 14.4. The van der Waals surface area contributed by atoms with Crippen LogP contribution in [0.3, 0.4) is 0 Å². The third kappa shape index (κ3) is 5.99. The van der Waals surface area contributed by atoms with E-state index in [9.17, 15) is 14.4 Å². The van der Waals surface area contributed by atoms with E-state index in [1.807, 2.05) is 30.3 Å². The molecule has 3 aromatic rings. The van der Waals surface area contributed by atoms with Gasteiger partial charge in [-0.15, -0.1) is 0 Å². The van der Waals surface area contributed by atoms with Crippen LogP contribution in [0, 0.1) is 5.92 Å². The van der Waals surface area contributed by atoms with Gasteiger partial charge in [-0.25, -0.2) is 0 Å². The molecule has 2 fully saturated rings. The molecule has 202 valence electrons. The van der Waals surface area contributed by atoms with Gasteiger partial charge in [0.05, 0.1) is 16.5 Å². The van der Waals surface area contributed by atoms with Crippen molar-refractivity contribution in [2.75, 3.05) is 26.7 Å². The molecule has 2 aliphatic heterocycles. The Hall–Kier alpha value is -3.30. The Bertz CT molecular complexity index is 1460. The number of likely N-dealkylation sites (tertiary alicyclic amines) is 1. The van der Waals surface area contributed by atoms with Gasteiger partial charge in [0.2, 0.25) is 5.91 Å². The lowest BCUT2D eigenvalue weighted by atomic mass is 9.99. The maximum Gasteiger partial charge on any atom is 0.294 e. The largest absolute Gasteiger partial charge is 0.493 e.